The molecule has 0 aliphatic carbocycles. The Kier molecular flexibility index (Phi) is 6.63. The lowest BCUT2D eigenvalue weighted by Gasteiger charge is -2.26. The predicted molar refractivity (Wildman–Crippen MR) is 91.1 cm³/mol. The van der Waals surface area contributed by atoms with E-state index in [-0.39, 0.29) is 30.1 Å². The van der Waals surface area contributed by atoms with Crippen LogP contribution in [0.5, 0.6) is 11.5 Å². The van der Waals surface area contributed by atoms with Gasteiger partial charge in [-0.2, -0.15) is 0 Å². The van der Waals surface area contributed by atoms with E-state index in [0.717, 1.165) is 17.1 Å². The van der Waals surface area contributed by atoms with Gasteiger partial charge in [0.1, 0.15) is 12.7 Å². The van der Waals surface area contributed by atoms with Crippen molar-refractivity contribution in [2.24, 2.45) is 10.7 Å². The molecule has 20 heavy (non-hydrogen) atoms. The minimum Gasteiger partial charge on any atom is -0.486 e. The quantitative estimate of drug-likeness (QED) is 0.358. The molecular weight excluding hydrogens is 369 g/mol. The van der Waals surface area contributed by atoms with Gasteiger partial charge in [0, 0.05) is 0 Å². The van der Waals surface area contributed by atoms with Crippen LogP contribution in [-0.2, 0) is 0 Å². The number of nitrogens with two attached hydrogens (primary N) is 1. The second-order valence-electron chi connectivity index (χ2n) is 4.54. The molecule has 0 fully saturated rings. The van der Waals surface area contributed by atoms with Gasteiger partial charge >= 0.3 is 0 Å². The van der Waals surface area contributed by atoms with Gasteiger partial charge in [0.05, 0.1) is 13.1 Å². The highest BCUT2D eigenvalue weighted by Gasteiger charge is 2.20. The molecule has 3 N–H and O–H groups in total. The maximum Gasteiger partial charge on any atom is 0.189 e. The average molecular weight is 389 g/mol. The summed E-state index contributed by atoms with van der Waals surface area (Å²) in [5.41, 5.74) is 6.70. The van der Waals surface area contributed by atoms with E-state index in [1.54, 1.807) is 0 Å². The van der Waals surface area contributed by atoms with Gasteiger partial charge in [0.2, 0.25) is 0 Å². The van der Waals surface area contributed by atoms with Gasteiger partial charge in [-0.1, -0.05) is 24.3 Å². The molecule has 6 heteroatoms. The summed E-state index contributed by atoms with van der Waals surface area (Å²) < 4.78 is 11.4. The van der Waals surface area contributed by atoms with Crippen molar-refractivity contribution >= 4 is 29.9 Å². The van der Waals surface area contributed by atoms with Crippen molar-refractivity contribution in [1.29, 1.82) is 0 Å². The van der Waals surface area contributed by atoms with Crippen molar-refractivity contribution in [2.75, 3.05) is 19.7 Å². The monoisotopic (exact) mass is 389 g/mol. The van der Waals surface area contributed by atoms with E-state index in [0.29, 0.717) is 25.7 Å². The van der Waals surface area contributed by atoms with E-state index in [2.05, 4.69) is 16.9 Å². The summed E-state index contributed by atoms with van der Waals surface area (Å²) in [6, 6.07) is 7.62. The van der Waals surface area contributed by atoms with Gasteiger partial charge in [-0.25, -0.2) is 4.99 Å². The van der Waals surface area contributed by atoms with Crippen LogP contribution in [0.2, 0.25) is 0 Å². The Hall–Kier alpha value is -1.44. The third-order valence-electron chi connectivity index (χ3n) is 2.60. The first kappa shape index (κ1) is 16.6. The highest BCUT2D eigenvalue weighted by Crippen LogP contribution is 2.30. The zero-order valence-electron chi connectivity index (χ0n) is 11.5. The van der Waals surface area contributed by atoms with Crippen molar-refractivity contribution in [3.63, 3.8) is 0 Å². The van der Waals surface area contributed by atoms with Crippen LogP contribution in [0.4, 0.5) is 0 Å². The van der Waals surface area contributed by atoms with Crippen molar-refractivity contribution in [3.8, 4) is 11.5 Å². The lowest BCUT2D eigenvalue weighted by molar-refractivity contribution is 0.0937. The summed E-state index contributed by atoms with van der Waals surface area (Å²) >= 11 is 0. The summed E-state index contributed by atoms with van der Waals surface area (Å²) in [7, 11) is 0. The number of benzene rings is 1. The van der Waals surface area contributed by atoms with Crippen LogP contribution in [0.25, 0.3) is 0 Å². The largest absolute Gasteiger partial charge is 0.486 e. The maximum atomic E-state index is 5.79. The van der Waals surface area contributed by atoms with Crippen LogP contribution in [0.3, 0.4) is 0 Å². The Balaban J connectivity index is 0.00000200. The van der Waals surface area contributed by atoms with Crippen LogP contribution in [0.15, 0.2) is 41.4 Å². The second-order valence-corrected chi connectivity index (χ2v) is 4.54. The standard InChI is InChI=1S/C14H19N3O2.HI/c1-10(2)7-16-14(15)17-8-11-9-18-12-5-3-4-6-13(12)19-11;/h3-6,11H,1,7-9H2,2H3,(H3,15,16,17);1H. The topological polar surface area (TPSA) is 68.9 Å². The molecule has 1 aromatic rings. The minimum absolute atomic E-state index is 0. The van der Waals surface area contributed by atoms with Crippen LogP contribution in [0, 0.1) is 0 Å². The Morgan fingerprint density at radius 3 is 2.85 bits per heavy atom. The average Bonchev–Trinajstić information content (AvgIpc) is 2.42. The molecule has 0 aromatic heterocycles. The zero-order chi connectivity index (χ0) is 13.7. The van der Waals surface area contributed by atoms with E-state index in [9.17, 15) is 0 Å². The number of nitrogens with zero attached hydrogens (tertiary/aromatic N) is 1. The van der Waals surface area contributed by atoms with Gasteiger partial charge in [0.15, 0.2) is 17.5 Å². The lowest BCUT2D eigenvalue weighted by Crippen LogP contribution is -2.43. The fourth-order valence-electron chi connectivity index (χ4n) is 1.66. The van der Waals surface area contributed by atoms with Gasteiger partial charge in [-0.3, -0.25) is 0 Å². The van der Waals surface area contributed by atoms with E-state index in [1.807, 2.05) is 31.2 Å². The van der Waals surface area contributed by atoms with Gasteiger partial charge in [-0.15, -0.1) is 24.0 Å². The van der Waals surface area contributed by atoms with Crippen LogP contribution in [0.1, 0.15) is 6.92 Å². The van der Waals surface area contributed by atoms with E-state index >= 15 is 0 Å². The highest BCUT2D eigenvalue weighted by atomic mass is 127. The number of hydrogen-bond donors (Lipinski definition) is 2. The molecule has 0 amide bonds. The number of nitrogens with one attached hydrogen (secondary N) is 1. The number of hydrogen-bond acceptors (Lipinski definition) is 3. The number of guanidine groups is 1. The number of halogens is 1. The van der Waals surface area contributed by atoms with Gasteiger partial charge in [-0.05, 0) is 19.1 Å². The molecule has 1 aromatic carbocycles. The molecule has 1 heterocycles. The lowest BCUT2D eigenvalue weighted by atomic mass is 10.2. The fourth-order valence-corrected chi connectivity index (χ4v) is 1.66. The molecule has 0 saturated carbocycles. The Morgan fingerprint density at radius 2 is 2.15 bits per heavy atom. The SMILES string of the molecule is C=C(C)CN=C(N)NCC1COc2ccccc2O1.I. The van der Waals surface area contributed by atoms with E-state index in [4.69, 9.17) is 15.2 Å². The third-order valence-corrected chi connectivity index (χ3v) is 2.60. The summed E-state index contributed by atoms with van der Waals surface area (Å²) in [4.78, 5) is 4.14. The third kappa shape index (κ3) is 4.92. The highest BCUT2D eigenvalue weighted by molar-refractivity contribution is 14.0. The number of aliphatic imine (C=N–C) groups is 1. The first-order valence-corrected chi connectivity index (χ1v) is 6.22. The molecule has 0 bridgehead atoms. The molecule has 2 rings (SSSR count). The van der Waals surface area contributed by atoms with Gasteiger partial charge < -0.3 is 20.5 Å². The first-order valence-electron chi connectivity index (χ1n) is 6.22. The maximum absolute atomic E-state index is 5.79. The molecule has 1 aliphatic heterocycles. The van der Waals surface area contributed by atoms with E-state index in [1.165, 1.54) is 0 Å². The number of para-hydroxylation sites is 2. The molecule has 1 atom stereocenters. The Bertz CT molecular complexity index is 491. The summed E-state index contributed by atoms with van der Waals surface area (Å²) in [5.74, 6) is 1.94. The minimum atomic E-state index is -0.0755. The molecule has 1 unspecified atom stereocenters. The molecule has 110 valence electrons. The van der Waals surface area contributed by atoms with Crippen LogP contribution in [-0.4, -0.2) is 31.8 Å². The Morgan fingerprint density at radius 1 is 1.45 bits per heavy atom. The number of fused-ring (bicyclic) bond motifs is 1. The second kappa shape index (κ2) is 7.98. The van der Waals surface area contributed by atoms with Crippen molar-refractivity contribution in [1.82, 2.24) is 5.32 Å². The van der Waals surface area contributed by atoms with Crippen molar-refractivity contribution in [2.45, 2.75) is 13.0 Å². The molecule has 1 aliphatic rings. The molecular formula is C14H20IN3O2. The smallest absolute Gasteiger partial charge is 0.189 e. The van der Waals surface area contributed by atoms with Gasteiger partial charge in [0.25, 0.3) is 0 Å². The molecule has 5 nitrogen and oxygen atoms in total. The summed E-state index contributed by atoms with van der Waals surface area (Å²) in [6.45, 7) is 7.26. The zero-order valence-corrected chi connectivity index (χ0v) is 13.8. The number of rotatable bonds is 4. The molecule has 0 spiro atoms. The predicted octanol–water partition coefficient (Wildman–Crippen LogP) is 1.92. The molecule has 0 radical (unpaired) electrons. The summed E-state index contributed by atoms with van der Waals surface area (Å²) in [5, 5.41) is 3.02. The molecule has 0 saturated heterocycles. The van der Waals surface area contributed by atoms with Crippen LogP contribution < -0.4 is 20.5 Å². The van der Waals surface area contributed by atoms with E-state index < -0.39 is 0 Å². The van der Waals surface area contributed by atoms with Crippen molar-refractivity contribution < 1.29 is 9.47 Å². The summed E-state index contributed by atoms with van der Waals surface area (Å²) in [6.07, 6.45) is -0.0755. The Labute approximate surface area is 136 Å². The van der Waals surface area contributed by atoms with Crippen LogP contribution >= 0.6 is 24.0 Å². The van der Waals surface area contributed by atoms with Crippen molar-refractivity contribution in [3.05, 3.63) is 36.4 Å². The first-order chi connectivity index (χ1) is 9.15. The normalized spacial score (nSPS) is 17.1. The number of ether oxygens (including phenoxy) is 2. The fraction of sp³-hybridized carbons (Fsp3) is 0.357.